The molecule has 0 aliphatic heterocycles. The minimum atomic E-state index is 0.108. The van der Waals surface area contributed by atoms with Gasteiger partial charge in [-0.05, 0) is 24.5 Å². The van der Waals surface area contributed by atoms with E-state index >= 15 is 0 Å². The van der Waals surface area contributed by atoms with Crippen LogP contribution in [0.3, 0.4) is 0 Å². The van der Waals surface area contributed by atoms with Gasteiger partial charge in [0.25, 0.3) is 0 Å². The van der Waals surface area contributed by atoms with Crippen molar-refractivity contribution < 1.29 is 0 Å². The molecule has 1 saturated carbocycles. The van der Waals surface area contributed by atoms with Crippen LogP contribution in [0.5, 0.6) is 0 Å². The maximum Gasteiger partial charge on any atom is 0.0706 e. The highest BCUT2D eigenvalue weighted by Crippen LogP contribution is 2.36. The van der Waals surface area contributed by atoms with Crippen molar-refractivity contribution in [3.63, 3.8) is 0 Å². The van der Waals surface area contributed by atoms with Crippen LogP contribution in [0.15, 0.2) is 36.4 Å². The van der Waals surface area contributed by atoms with Crippen LogP contribution in [0.4, 0.5) is 0 Å². The summed E-state index contributed by atoms with van der Waals surface area (Å²) in [5.74, 6) is 0.850. The zero-order valence-electron chi connectivity index (χ0n) is 9.26. The molecular formula is C14H16N2. The van der Waals surface area contributed by atoms with Gasteiger partial charge >= 0.3 is 0 Å². The number of hydrogen-bond acceptors (Lipinski definition) is 2. The fourth-order valence-corrected chi connectivity index (χ4v) is 2.12. The third-order valence-electron chi connectivity index (χ3n) is 3.28. The second kappa shape index (κ2) is 3.87. The number of nitrogens with zero attached hydrogens (tertiary/aromatic N) is 1. The molecule has 1 aromatic heterocycles. The van der Waals surface area contributed by atoms with E-state index in [1.807, 2.05) is 18.2 Å². The molecule has 2 N–H and O–H groups in total. The zero-order chi connectivity index (χ0) is 11.0. The van der Waals surface area contributed by atoms with Crippen LogP contribution in [0.1, 0.15) is 31.0 Å². The maximum absolute atomic E-state index is 6.16. The van der Waals surface area contributed by atoms with Crippen LogP contribution < -0.4 is 5.73 Å². The number of benzene rings is 1. The fourth-order valence-electron chi connectivity index (χ4n) is 2.12. The van der Waals surface area contributed by atoms with Gasteiger partial charge in [-0.25, -0.2) is 0 Å². The van der Waals surface area contributed by atoms with E-state index in [1.54, 1.807) is 0 Å². The molecule has 1 aliphatic carbocycles. The Bertz CT molecular complexity index is 503. The van der Waals surface area contributed by atoms with Gasteiger partial charge in [0.1, 0.15) is 0 Å². The van der Waals surface area contributed by atoms with Gasteiger partial charge in [-0.1, -0.05) is 37.1 Å². The summed E-state index contributed by atoms with van der Waals surface area (Å²) in [6.07, 6.45) is 3.79. The van der Waals surface area contributed by atoms with Crippen molar-refractivity contribution >= 4 is 10.9 Å². The van der Waals surface area contributed by atoms with E-state index in [2.05, 4.69) is 23.2 Å². The number of rotatable bonds is 3. The molecule has 1 heterocycles. The summed E-state index contributed by atoms with van der Waals surface area (Å²) in [4.78, 5) is 4.63. The molecule has 1 aromatic carbocycles. The molecule has 1 fully saturated rings. The third-order valence-corrected chi connectivity index (χ3v) is 3.28. The Balaban J connectivity index is 1.91. The lowest BCUT2D eigenvalue weighted by atomic mass is 10.1. The van der Waals surface area contributed by atoms with Crippen LogP contribution in [0.2, 0.25) is 0 Å². The summed E-state index contributed by atoms with van der Waals surface area (Å²) in [6.45, 7) is 0. The van der Waals surface area contributed by atoms with Crippen LogP contribution >= 0.6 is 0 Å². The van der Waals surface area contributed by atoms with Crippen LogP contribution in [0.25, 0.3) is 10.9 Å². The first-order chi connectivity index (χ1) is 7.83. The van der Waals surface area contributed by atoms with E-state index in [4.69, 9.17) is 5.73 Å². The fraction of sp³-hybridized carbons (Fsp3) is 0.357. The summed E-state index contributed by atoms with van der Waals surface area (Å²) in [5.41, 5.74) is 8.24. The zero-order valence-corrected chi connectivity index (χ0v) is 9.26. The quantitative estimate of drug-likeness (QED) is 0.849. The van der Waals surface area contributed by atoms with Crippen molar-refractivity contribution in [2.24, 2.45) is 11.7 Å². The first-order valence-electron chi connectivity index (χ1n) is 5.94. The predicted molar refractivity (Wildman–Crippen MR) is 66.0 cm³/mol. The molecule has 1 aliphatic rings. The Labute approximate surface area is 95.5 Å². The minimum Gasteiger partial charge on any atom is -0.323 e. The molecule has 0 saturated heterocycles. The SMILES string of the molecule is NC(CC1CC1)c1ccc2ccccc2n1. The van der Waals surface area contributed by atoms with E-state index in [0.29, 0.717) is 0 Å². The molecule has 0 spiro atoms. The van der Waals surface area contributed by atoms with Crippen molar-refractivity contribution in [2.75, 3.05) is 0 Å². The van der Waals surface area contributed by atoms with Crippen molar-refractivity contribution in [3.05, 3.63) is 42.1 Å². The van der Waals surface area contributed by atoms with Gasteiger partial charge in [-0.15, -0.1) is 0 Å². The Hall–Kier alpha value is -1.41. The van der Waals surface area contributed by atoms with Gasteiger partial charge in [-0.3, -0.25) is 4.98 Å². The third kappa shape index (κ3) is 1.93. The van der Waals surface area contributed by atoms with Gasteiger partial charge in [0.05, 0.1) is 11.2 Å². The summed E-state index contributed by atoms with van der Waals surface area (Å²) < 4.78 is 0. The second-order valence-corrected chi connectivity index (χ2v) is 4.71. The lowest BCUT2D eigenvalue weighted by Gasteiger charge is -2.10. The van der Waals surface area contributed by atoms with Crippen molar-refractivity contribution in [3.8, 4) is 0 Å². The van der Waals surface area contributed by atoms with E-state index in [1.165, 1.54) is 18.2 Å². The van der Waals surface area contributed by atoms with E-state index in [-0.39, 0.29) is 6.04 Å². The molecular weight excluding hydrogens is 196 g/mol. The van der Waals surface area contributed by atoms with E-state index in [9.17, 15) is 0 Å². The van der Waals surface area contributed by atoms with Gasteiger partial charge < -0.3 is 5.73 Å². The molecule has 0 amide bonds. The van der Waals surface area contributed by atoms with E-state index < -0.39 is 0 Å². The molecule has 82 valence electrons. The Kier molecular flexibility index (Phi) is 2.37. The van der Waals surface area contributed by atoms with E-state index in [0.717, 1.165) is 23.5 Å². The average Bonchev–Trinajstić information content (AvgIpc) is 3.12. The Morgan fingerprint density at radius 1 is 1.19 bits per heavy atom. The summed E-state index contributed by atoms with van der Waals surface area (Å²) >= 11 is 0. The van der Waals surface area contributed by atoms with Gasteiger partial charge in [0, 0.05) is 11.4 Å². The predicted octanol–water partition coefficient (Wildman–Crippen LogP) is 3.03. The van der Waals surface area contributed by atoms with Crippen molar-refractivity contribution in [2.45, 2.75) is 25.3 Å². The summed E-state index contributed by atoms with van der Waals surface area (Å²) in [5, 5.41) is 1.19. The first kappa shape index (κ1) is 9.79. The lowest BCUT2D eigenvalue weighted by molar-refractivity contribution is 0.585. The lowest BCUT2D eigenvalue weighted by Crippen LogP contribution is -2.12. The van der Waals surface area contributed by atoms with Crippen molar-refractivity contribution in [1.82, 2.24) is 4.98 Å². The molecule has 1 unspecified atom stereocenters. The van der Waals surface area contributed by atoms with Gasteiger partial charge in [0.15, 0.2) is 0 Å². The topological polar surface area (TPSA) is 38.9 Å². The minimum absolute atomic E-state index is 0.108. The molecule has 1 atom stereocenters. The first-order valence-corrected chi connectivity index (χ1v) is 5.94. The maximum atomic E-state index is 6.16. The molecule has 2 aromatic rings. The molecule has 0 bridgehead atoms. The number of hydrogen-bond donors (Lipinski definition) is 1. The van der Waals surface area contributed by atoms with Gasteiger partial charge in [-0.2, -0.15) is 0 Å². The average molecular weight is 212 g/mol. The number of pyridine rings is 1. The number of nitrogens with two attached hydrogens (primary N) is 1. The smallest absolute Gasteiger partial charge is 0.0706 e. The Morgan fingerprint density at radius 3 is 2.81 bits per heavy atom. The Morgan fingerprint density at radius 2 is 2.00 bits per heavy atom. The highest BCUT2D eigenvalue weighted by Gasteiger charge is 2.24. The molecule has 2 heteroatoms. The normalized spacial score (nSPS) is 17.6. The molecule has 3 rings (SSSR count). The molecule has 2 nitrogen and oxygen atoms in total. The highest BCUT2D eigenvalue weighted by atomic mass is 14.8. The summed E-state index contributed by atoms with van der Waals surface area (Å²) in [7, 11) is 0. The number of para-hydroxylation sites is 1. The molecule has 16 heavy (non-hydrogen) atoms. The standard InChI is InChI=1S/C14H16N2/c15-12(9-10-5-6-10)14-8-7-11-3-1-2-4-13(11)16-14/h1-4,7-8,10,12H,5-6,9,15H2. The molecule has 0 radical (unpaired) electrons. The monoisotopic (exact) mass is 212 g/mol. The summed E-state index contributed by atoms with van der Waals surface area (Å²) in [6, 6.07) is 12.5. The highest BCUT2D eigenvalue weighted by molar-refractivity contribution is 5.78. The van der Waals surface area contributed by atoms with Crippen molar-refractivity contribution in [1.29, 1.82) is 0 Å². The largest absolute Gasteiger partial charge is 0.323 e. The number of aromatic nitrogens is 1. The van der Waals surface area contributed by atoms with Gasteiger partial charge in [0.2, 0.25) is 0 Å². The second-order valence-electron chi connectivity index (χ2n) is 4.71. The van der Waals surface area contributed by atoms with Crippen LogP contribution in [-0.4, -0.2) is 4.98 Å². The van der Waals surface area contributed by atoms with Crippen LogP contribution in [-0.2, 0) is 0 Å². The number of fused-ring (bicyclic) bond motifs is 1. The van der Waals surface area contributed by atoms with Crippen LogP contribution in [0, 0.1) is 5.92 Å².